The topological polar surface area (TPSA) is 150 Å². The van der Waals surface area contributed by atoms with E-state index in [-0.39, 0.29) is 12.1 Å². The second-order valence-corrected chi connectivity index (χ2v) is 10.3. The normalized spacial score (nSPS) is 13.0. The van der Waals surface area contributed by atoms with E-state index in [1.165, 1.54) is 31.4 Å². The number of fused-ring (bicyclic) bond motifs is 1. The maximum Gasteiger partial charge on any atom is 0.255 e. The number of hydrogen-bond donors (Lipinski definition) is 5. The third-order valence-corrected chi connectivity index (χ3v) is 6.45. The highest BCUT2D eigenvalue weighted by Crippen LogP contribution is 2.32. The first-order chi connectivity index (χ1) is 16.9. The smallest absolute Gasteiger partial charge is 0.255 e. The number of halogens is 1. The van der Waals surface area contributed by atoms with Gasteiger partial charge in [-0.3, -0.25) is 4.79 Å². The zero-order chi connectivity index (χ0) is 26.1. The van der Waals surface area contributed by atoms with E-state index in [0.717, 1.165) is 0 Å². The number of nitrogens with one attached hydrogen (secondary N) is 3. The zero-order valence-electron chi connectivity index (χ0n) is 20.2. The maximum atomic E-state index is 14.2. The number of thiazole rings is 1. The number of carbonyl (C=O) groups is 1. The molecular weight excluding hydrogens is 487 g/mol. The molecule has 13 heteroatoms. The summed E-state index contributed by atoms with van der Waals surface area (Å²) < 4.78 is 15.8. The van der Waals surface area contributed by atoms with Crippen molar-refractivity contribution >= 4 is 45.3 Å². The van der Waals surface area contributed by atoms with E-state index < -0.39 is 23.3 Å². The van der Waals surface area contributed by atoms with E-state index in [4.69, 9.17) is 0 Å². The van der Waals surface area contributed by atoms with Crippen LogP contribution >= 0.6 is 11.3 Å². The Kier molecular flexibility index (Phi) is 6.89. The lowest BCUT2D eigenvalue weighted by atomic mass is 10.0. The summed E-state index contributed by atoms with van der Waals surface area (Å²) in [5.41, 5.74) is -1.54. The quantitative estimate of drug-likeness (QED) is 0.227. The third kappa shape index (κ3) is 5.93. The lowest BCUT2D eigenvalue weighted by Gasteiger charge is -2.22. The standard InChI is InChI=1S/C23H27FN8O3S/c1-22(2,34)15(24)11-26-20(33)13-10-25-18(30-17-6-8-32-19(31-17)5-7-28-32)9-14(13)29-21-27-12-16(36-21)23(3,4)35/h5-10,12,15,34-35H,11H2,1-4H3,(H,26,33)(H2,25,27,29,30,31)/t15-/m1/s1. The minimum atomic E-state index is -1.66. The van der Waals surface area contributed by atoms with Crippen molar-refractivity contribution in [3.05, 3.63) is 53.4 Å². The molecule has 5 N–H and O–H groups in total. The van der Waals surface area contributed by atoms with Gasteiger partial charge in [0.2, 0.25) is 0 Å². The number of alkyl halides is 1. The predicted molar refractivity (Wildman–Crippen MR) is 135 cm³/mol. The van der Waals surface area contributed by atoms with E-state index in [1.54, 1.807) is 55.2 Å². The highest BCUT2D eigenvalue weighted by Gasteiger charge is 2.27. The predicted octanol–water partition coefficient (Wildman–Crippen LogP) is 3.13. The molecule has 4 rings (SSSR count). The Balaban J connectivity index is 1.61. The summed E-state index contributed by atoms with van der Waals surface area (Å²) >= 11 is 1.23. The van der Waals surface area contributed by atoms with Crippen molar-refractivity contribution in [1.82, 2.24) is 29.9 Å². The Morgan fingerprint density at radius 2 is 1.92 bits per heavy atom. The summed E-state index contributed by atoms with van der Waals surface area (Å²) in [6.45, 7) is 5.58. The number of rotatable bonds is 9. The van der Waals surface area contributed by atoms with E-state index in [9.17, 15) is 19.4 Å². The van der Waals surface area contributed by atoms with Crippen molar-refractivity contribution in [1.29, 1.82) is 0 Å². The van der Waals surface area contributed by atoms with Crippen LogP contribution in [0.25, 0.3) is 5.65 Å². The fourth-order valence-electron chi connectivity index (χ4n) is 3.08. The number of amides is 1. The molecule has 0 aliphatic carbocycles. The van der Waals surface area contributed by atoms with Crippen LogP contribution in [0.3, 0.4) is 0 Å². The van der Waals surface area contributed by atoms with Crippen LogP contribution in [0, 0.1) is 0 Å². The molecule has 4 aromatic heterocycles. The second-order valence-electron chi connectivity index (χ2n) is 9.23. The molecule has 0 bridgehead atoms. The molecule has 0 radical (unpaired) electrons. The van der Waals surface area contributed by atoms with Gasteiger partial charge in [0.15, 0.2) is 10.8 Å². The Bertz CT molecular complexity index is 1380. The van der Waals surface area contributed by atoms with Crippen molar-refractivity contribution in [2.24, 2.45) is 0 Å². The van der Waals surface area contributed by atoms with Gasteiger partial charge in [-0.15, -0.1) is 0 Å². The number of aromatic nitrogens is 5. The van der Waals surface area contributed by atoms with Gasteiger partial charge < -0.3 is 26.2 Å². The molecule has 1 atom stereocenters. The molecule has 0 spiro atoms. The van der Waals surface area contributed by atoms with Gasteiger partial charge in [0.1, 0.15) is 17.8 Å². The van der Waals surface area contributed by atoms with Crippen molar-refractivity contribution in [2.75, 3.05) is 17.2 Å². The van der Waals surface area contributed by atoms with Crippen LogP contribution in [0.2, 0.25) is 0 Å². The lowest BCUT2D eigenvalue weighted by molar-refractivity contribution is -0.00177. The van der Waals surface area contributed by atoms with Gasteiger partial charge >= 0.3 is 0 Å². The first kappa shape index (κ1) is 25.4. The van der Waals surface area contributed by atoms with Crippen LogP contribution in [0.4, 0.5) is 26.8 Å². The van der Waals surface area contributed by atoms with Gasteiger partial charge in [-0.2, -0.15) is 5.10 Å². The van der Waals surface area contributed by atoms with Crippen molar-refractivity contribution in [3.63, 3.8) is 0 Å². The molecule has 4 heterocycles. The van der Waals surface area contributed by atoms with Crippen molar-refractivity contribution in [3.8, 4) is 0 Å². The number of nitrogens with zero attached hydrogens (tertiary/aromatic N) is 5. The minimum absolute atomic E-state index is 0.141. The highest BCUT2D eigenvalue weighted by atomic mass is 32.1. The summed E-state index contributed by atoms with van der Waals surface area (Å²) in [6, 6.07) is 5.09. The Labute approximate surface area is 210 Å². The SMILES string of the molecule is CC(C)(O)c1cnc(Nc2cc(Nc3ccn4nccc4n3)ncc2C(=O)NC[C@@H](F)C(C)(C)O)s1. The van der Waals surface area contributed by atoms with E-state index in [1.807, 2.05) is 0 Å². The monoisotopic (exact) mass is 514 g/mol. The number of carbonyl (C=O) groups excluding carboxylic acids is 1. The summed E-state index contributed by atoms with van der Waals surface area (Å²) in [5.74, 6) is 0.328. The molecular formula is C23H27FN8O3S. The van der Waals surface area contributed by atoms with Crippen LogP contribution < -0.4 is 16.0 Å². The van der Waals surface area contributed by atoms with E-state index in [2.05, 4.69) is 36.0 Å². The van der Waals surface area contributed by atoms with Crippen molar-refractivity contribution < 1.29 is 19.4 Å². The lowest BCUT2D eigenvalue weighted by Crippen LogP contribution is -2.42. The van der Waals surface area contributed by atoms with Gasteiger partial charge in [-0.25, -0.2) is 23.9 Å². The summed E-state index contributed by atoms with van der Waals surface area (Å²) in [7, 11) is 0. The molecule has 0 saturated carbocycles. The van der Waals surface area contributed by atoms with Gasteiger partial charge in [-0.05, 0) is 33.8 Å². The first-order valence-electron chi connectivity index (χ1n) is 11.1. The Hall–Kier alpha value is -3.68. The Morgan fingerprint density at radius 3 is 2.61 bits per heavy atom. The van der Waals surface area contributed by atoms with Gasteiger partial charge in [0.05, 0.1) is 40.1 Å². The van der Waals surface area contributed by atoms with E-state index in [0.29, 0.717) is 33.0 Å². The Morgan fingerprint density at radius 1 is 1.14 bits per heavy atom. The van der Waals surface area contributed by atoms with Crippen LogP contribution in [0.1, 0.15) is 42.9 Å². The van der Waals surface area contributed by atoms with Crippen molar-refractivity contribution in [2.45, 2.75) is 45.1 Å². The van der Waals surface area contributed by atoms with E-state index >= 15 is 0 Å². The van der Waals surface area contributed by atoms with Crippen LogP contribution in [-0.4, -0.2) is 59.0 Å². The fraction of sp³-hybridized carbons (Fsp3) is 0.348. The number of pyridine rings is 1. The molecule has 1 amide bonds. The first-order valence-corrected chi connectivity index (χ1v) is 11.9. The molecule has 0 saturated heterocycles. The molecule has 4 aromatic rings. The molecule has 36 heavy (non-hydrogen) atoms. The molecule has 190 valence electrons. The third-order valence-electron chi connectivity index (χ3n) is 5.22. The zero-order valence-corrected chi connectivity index (χ0v) is 21.0. The molecule has 11 nitrogen and oxygen atoms in total. The molecule has 0 aliphatic rings. The second kappa shape index (κ2) is 9.76. The van der Waals surface area contributed by atoms with Crippen LogP contribution in [0.5, 0.6) is 0 Å². The highest BCUT2D eigenvalue weighted by molar-refractivity contribution is 7.15. The van der Waals surface area contributed by atoms with Gasteiger partial charge in [0, 0.05) is 30.7 Å². The molecule has 0 aliphatic heterocycles. The molecule has 0 aromatic carbocycles. The van der Waals surface area contributed by atoms with Crippen LogP contribution in [-0.2, 0) is 5.60 Å². The largest absolute Gasteiger partial charge is 0.387 e. The molecule has 0 unspecified atom stereocenters. The fourth-order valence-corrected chi connectivity index (χ4v) is 3.91. The molecule has 0 fully saturated rings. The summed E-state index contributed by atoms with van der Waals surface area (Å²) in [5, 5.41) is 33.3. The summed E-state index contributed by atoms with van der Waals surface area (Å²) in [4.78, 5) is 26.6. The number of anilines is 4. The van der Waals surface area contributed by atoms with Crippen LogP contribution in [0.15, 0.2) is 43.0 Å². The van der Waals surface area contributed by atoms with Gasteiger partial charge in [0.25, 0.3) is 5.91 Å². The average molecular weight is 515 g/mol. The number of aliphatic hydroxyl groups is 2. The maximum absolute atomic E-state index is 14.2. The average Bonchev–Trinajstić information content (AvgIpc) is 3.46. The minimum Gasteiger partial charge on any atom is -0.387 e. The summed E-state index contributed by atoms with van der Waals surface area (Å²) in [6.07, 6.45) is 4.61. The van der Waals surface area contributed by atoms with Gasteiger partial charge in [-0.1, -0.05) is 11.3 Å². The number of hydrogen-bond acceptors (Lipinski definition) is 10.